The summed E-state index contributed by atoms with van der Waals surface area (Å²) in [5, 5.41) is 11.4. The number of nitrogens with one attached hydrogen (secondary N) is 1. The lowest BCUT2D eigenvalue weighted by Gasteiger charge is -2.08. The van der Waals surface area contributed by atoms with Crippen LogP contribution in [0.25, 0.3) is 0 Å². The molecule has 0 radical (unpaired) electrons. The van der Waals surface area contributed by atoms with Gasteiger partial charge in [-0.1, -0.05) is 5.92 Å². The van der Waals surface area contributed by atoms with E-state index in [4.69, 9.17) is 6.42 Å². The molecule has 7 heteroatoms. The fourth-order valence-corrected chi connectivity index (χ4v) is 2.16. The van der Waals surface area contributed by atoms with E-state index >= 15 is 0 Å². The van der Waals surface area contributed by atoms with Crippen molar-refractivity contribution >= 4 is 21.6 Å². The second-order valence-corrected chi connectivity index (χ2v) is 4.99. The predicted molar refractivity (Wildman–Crippen MR) is 80.4 cm³/mol. The second-order valence-electron chi connectivity index (χ2n) is 4.20. The normalized spacial score (nSPS) is 10.2. The Kier molecular flexibility index (Phi) is 4.58. The molecule has 0 bridgehead atoms. The van der Waals surface area contributed by atoms with Crippen molar-refractivity contribution in [1.82, 2.24) is 19.6 Å². The van der Waals surface area contributed by atoms with Crippen molar-refractivity contribution in [3.63, 3.8) is 0 Å². The number of halogens is 1. The molecule has 0 aliphatic rings. The summed E-state index contributed by atoms with van der Waals surface area (Å²) in [5.74, 6) is 2.39. The molecule has 0 aliphatic heterocycles. The van der Waals surface area contributed by atoms with Crippen molar-refractivity contribution in [3.8, 4) is 12.3 Å². The van der Waals surface area contributed by atoms with Gasteiger partial charge in [-0.05, 0) is 22.0 Å². The lowest BCUT2D eigenvalue weighted by Crippen LogP contribution is -2.24. The van der Waals surface area contributed by atoms with Gasteiger partial charge >= 0.3 is 0 Å². The summed E-state index contributed by atoms with van der Waals surface area (Å²) in [4.78, 5) is 11.9. The average molecular weight is 336 g/mol. The van der Waals surface area contributed by atoms with Crippen LogP contribution in [-0.4, -0.2) is 26.1 Å². The van der Waals surface area contributed by atoms with Crippen LogP contribution in [0.4, 0.5) is 5.69 Å². The molecule has 104 valence electrons. The molecule has 0 amide bonds. The van der Waals surface area contributed by atoms with Crippen molar-refractivity contribution in [1.29, 1.82) is 0 Å². The van der Waals surface area contributed by atoms with Gasteiger partial charge in [0.15, 0.2) is 0 Å². The van der Waals surface area contributed by atoms with E-state index in [2.05, 4.69) is 37.4 Å². The number of hydrogen-bond donors (Lipinski definition) is 1. The Morgan fingerprint density at radius 1 is 1.55 bits per heavy atom. The molecular formula is C13H14BrN5O. The maximum atomic E-state index is 11.9. The van der Waals surface area contributed by atoms with Gasteiger partial charge in [0.25, 0.3) is 5.56 Å². The molecule has 2 heterocycles. The molecule has 2 aromatic heterocycles. The molecule has 0 unspecified atom stereocenters. The number of aromatic nitrogens is 4. The van der Waals surface area contributed by atoms with Crippen LogP contribution in [0.1, 0.15) is 5.69 Å². The van der Waals surface area contributed by atoms with Gasteiger partial charge in [0.1, 0.15) is 11.0 Å². The van der Waals surface area contributed by atoms with E-state index in [0.29, 0.717) is 16.7 Å². The van der Waals surface area contributed by atoms with Crippen molar-refractivity contribution in [2.24, 2.45) is 7.05 Å². The number of hydrogen-bond acceptors (Lipinski definition) is 4. The lowest BCUT2D eigenvalue weighted by atomic mass is 10.3. The molecule has 1 N–H and O–H groups in total. The SMILES string of the molecule is C#CCn1ncc(NCCc2ccn(C)n2)c(Br)c1=O. The number of rotatable bonds is 5. The number of anilines is 1. The summed E-state index contributed by atoms with van der Waals surface area (Å²) in [5.41, 5.74) is 1.40. The van der Waals surface area contributed by atoms with Gasteiger partial charge in [0, 0.05) is 26.2 Å². The highest BCUT2D eigenvalue weighted by molar-refractivity contribution is 9.10. The van der Waals surface area contributed by atoms with Gasteiger partial charge in [-0.25, -0.2) is 4.68 Å². The summed E-state index contributed by atoms with van der Waals surface area (Å²) in [6.45, 7) is 0.821. The highest BCUT2D eigenvalue weighted by atomic mass is 79.9. The zero-order valence-electron chi connectivity index (χ0n) is 11.0. The van der Waals surface area contributed by atoms with Gasteiger partial charge in [-0.2, -0.15) is 10.2 Å². The Labute approximate surface area is 124 Å². The Morgan fingerprint density at radius 2 is 2.35 bits per heavy atom. The van der Waals surface area contributed by atoms with Crippen molar-refractivity contribution in [2.45, 2.75) is 13.0 Å². The first-order valence-electron chi connectivity index (χ1n) is 6.03. The van der Waals surface area contributed by atoms with E-state index in [0.717, 1.165) is 12.1 Å². The predicted octanol–water partition coefficient (Wildman–Crippen LogP) is 1.03. The van der Waals surface area contributed by atoms with Crippen LogP contribution in [0.2, 0.25) is 0 Å². The molecule has 0 saturated heterocycles. The van der Waals surface area contributed by atoms with Gasteiger partial charge in [-0.15, -0.1) is 6.42 Å². The topological polar surface area (TPSA) is 64.7 Å². The van der Waals surface area contributed by atoms with Crippen LogP contribution in [0, 0.1) is 12.3 Å². The molecule has 2 aromatic rings. The number of nitrogens with zero attached hydrogens (tertiary/aromatic N) is 4. The molecule has 2 rings (SSSR count). The Bertz CT molecular complexity index is 698. The van der Waals surface area contributed by atoms with Crippen LogP contribution < -0.4 is 10.9 Å². The van der Waals surface area contributed by atoms with Gasteiger partial charge in [-0.3, -0.25) is 9.48 Å². The first-order valence-corrected chi connectivity index (χ1v) is 6.82. The molecule has 0 aromatic carbocycles. The van der Waals surface area contributed by atoms with Crippen LogP contribution in [-0.2, 0) is 20.0 Å². The summed E-state index contributed by atoms with van der Waals surface area (Å²) < 4.78 is 3.42. The average Bonchev–Trinajstić information content (AvgIpc) is 2.84. The van der Waals surface area contributed by atoms with Crippen molar-refractivity contribution in [3.05, 3.63) is 39.0 Å². The minimum atomic E-state index is -0.245. The highest BCUT2D eigenvalue weighted by Gasteiger charge is 2.08. The largest absolute Gasteiger partial charge is 0.382 e. The molecular weight excluding hydrogens is 322 g/mol. The monoisotopic (exact) mass is 335 g/mol. The first-order chi connectivity index (χ1) is 9.61. The minimum Gasteiger partial charge on any atom is -0.382 e. The zero-order chi connectivity index (χ0) is 14.5. The van der Waals surface area contributed by atoms with E-state index in [1.807, 2.05) is 19.3 Å². The summed E-state index contributed by atoms with van der Waals surface area (Å²) >= 11 is 3.27. The molecule has 0 fully saturated rings. The smallest absolute Gasteiger partial charge is 0.284 e. The molecule has 20 heavy (non-hydrogen) atoms. The third-order valence-corrected chi connectivity index (χ3v) is 3.46. The minimum absolute atomic E-state index is 0.158. The molecule has 0 atom stereocenters. The van der Waals surface area contributed by atoms with Crippen LogP contribution in [0.3, 0.4) is 0 Å². The maximum absolute atomic E-state index is 11.9. The van der Waals surface area contributed by atoms with Crippen LogP contribution >= 0.6 is 15.9 Å². The Balaban J connectivity index is 2.02. The zero-order valence-corrected chi connectivity index (χ0v) is 12.6. The second kappa shape index (κ2) is 6.39. The van der Waals surface area contributed by atoms with Crippen LogP contribution in [0.15, 0.2) is 27.7 Å². The highest BCUT2D eigenvalue weighted by Crippen LogP contribution is 2.15. The first kappa shape index (κ1) is 14.3. The summed E-state index contributed by atoms with van der Waals surface area (Å²) in [6, 6.07) is 1.96. The van der Waals surface area contributed by atoms with E-state index in [1.165, 1.54) is 4.68 Å². The Hall–Kier alpha value is -2.07. The molecule has 0 spiro atoms. The van der Waals surface area contributed by atoms with E-state index < -0.39 is 0 Å². The molecule has 6 nitrogen and oxygen atoms in total. The van der Waals surface area contributed by atoms with Crippen LogP contribution in [0.5, 0.6) is 0 Å². The van der Waals surface area contributed by atoms with E-state index in [1.54, 1.807) is 10.9 Å². The van der Waals surface area contributed by atoms with Gasteiger partial charge in [0.2, 0.25) is 0 Å². The van der Waals surface area contributed by atoms with E-state index in [-0.39, 0.29) is 12.1 Å². The lowest BCUT2D eigenvalue weighted by molar-refractivity contribution is 0.659. The van der Waals surface area contributed by atoms with Crippen molar-refractivity contribution < 1.29 is 0 Å². The summed E-state index contributed by atoms with van der Waals surface area (Å²) in [7, 11) is 1.88. The standard InChI is InChI=1S/C13H14BrN5O/c1-3-7-19-13(20)12(14)11(9-16-19)15-6-4-10-5-8-18(2)17-10/h1,5,8-9,15H,4,6-7H2,2H3. The quantitative estimate of drug-likeness (QED) is 0.829. The fraction of sp³-hybridized carbons (Fsp3) is 0.308. The number of terminal acetylenes is 1. The molecule has 0 aliphatic carbocycles. The molecule has 0 saturated carbocycles. The summed E-state index contributed by atoms with van der Waals surface area (Å²) in [6.07, 6.45) is 9.42. The maximum Gasteiger partial charge on any atom is 0.284 e. The third-order valence-electron chi connectivity index (χ3n) is 2.69. The van der Waals surface area contributed by atoms with Gasteiger partial charge < -0.3 is 5.32 Å². The number of aryl methyl sites for hydroxylation is 1. The fourth-order valence-electron chi connectivity index (χ4n) is 1.71. The Morgan fingerprint density at radius 3 is 3.00 bits per heavy atom. The van der Waals surface area contributed by atoms with E-state index in [9.17, 15) is 4.79 Å². The van der Waals surface area contributed by atoms with Gasteiger partial charge in [0.05, 0.1) is 17.6 Å². The third kappa shape index (κ3) is 3.27. The van der Waals surface area contributed by atoms with Crippen molar-refractivity contribution in [2.75, 3.05) is 11.9 Å².